The third kappa shape index (κ3) is 2.78. The van der Waals surface area contributed by atoms with E-state index in [9.17, 15) is 9.18 Å². The van der Waals surface area contributed by atoms with E-state index in [4.69, 9.17) is 0 Å². The first-order valence-corrected chi connectivity index (χ1v) is 7.23. The van der Waals surface area contributed by atoms with Gasteiger partial charge in [-0.2, -0.15) is 0 Å². The van der Waals surface area contributed by atoms with Crippen LogP contribution in [0, 0.1) is 5.82 Å². The van der Waals surface area contributed by atoms with E-state index in [0.29, 0.717) is 16.8 Å². The van der Waals surface area contributed by atoms with Crippen LogP contribution in [0.15, 0.2) is 35.3 Å². The molecule has 0 unspecified atom stereocenters. The van der Waals surface area contributed by atoms with Gasteiger partial charge < -0.3 is 4.98 Å². The van der Waals surface area contributed by atoms with E-state index in [0.717, 1.165) is 16.7 Å². The molecule has 1 heterocycles. The number of benzene rings is 1. The minimum atomic E-state index is -0.305. The Morgan fingerprint density at radius 2 is 1.89 bits per heavy atom. The highest BCUT2D eigenvalue weighted by Gasteiger charge is 2.15. The summed E-state index contributed by atoms with van der Waals surface area (Å²) in [6.45, 7) is 4.16. The Balaban J connectivity index is 2.71. The fraction of sp³-hybridized carbons (Fsp3) is 0.267. The molecule has 100 valence electrons. The molecule has 0 saturated heterocycles. The zero-order valence-electron chi connectivity index (χ0n) is 10.8. The molecule has 0 fully saturated rings. The molecule has 0 atom stereocenters. The average molecular weight is 324 g/mol. The van der Waals surface area contributed by atoms with Crippen LogP contribution >= 0.6 is 15.9 Å². The molecule has 0 aliphatic heterocycles. The van der Waals surface area contributed by atoms with Gasteiger partial charge in [0.1, 0.15) is 5.82 Å². The lowest BCUT2D eigenvalue weighted by molar-refractivity contribution is 0.628. The number of aromatic amines is 1. The second-order valence-electron chi connectivity index (χ2n) is 4.72. The van der Waals surface area contributed by atoms with Crippen molar-refractivity contribution < 1.29 is 4.39 Å². The second-order valence-corrected chi connectivity index (χ2v) is 5.28. The van der Waals surface area contributed by atoms with Crippen LogP contribution in [0.4, 0.5) is 4.39 Å². The van der Waals surface area contributed by atoms with Gasteiger partial charge in [-0.25, -0.2) is 4.39 Å². The number of alkyl halides is 1. The fourth-order valence-electron chi connectivity index (χ4n) is 2.16. The minimum absolute atomic E-state index is 0.148. The minimum Gasteiger partial charge on any atom is -0.328 e. The number of rotatable bonds is 3. The van der Waals surface area contributed by atoms with Gasteiger partial charge in [-0.1, -0.05) is 41.9 Å². The van der Waals surface area contributed by atoms with Crippen LogP contribution in [0.1, 0.15) is 30.9 Å². The number of nitrogens with one attached hydrogen (secondary N) is 1. The molecule has 0 aliphatic carbocycles. The summed E-state index contributed by atoms with van der Waals surface area (Å²) in [5, 5.41) is 0.594. The van der Waals surface area contributed by atoms with Crippen LogP contribution in [0.3, 0.4) is 0 Å². The Hall–Kier alpha value is -1.42. The van der Waals surface area contributed by atoms with Gasteiger partial charge in [0, 0.05) is 11.5 Å². The van der Waals surface area contributed by atoms with Gasteiger partial charge in [0.25, 0.3) is 5.56 Å². The molecule has 0 bridgehead atoms. The molecule has 1 aromatic carbocycles. The summed E-state index contributed by atoms with van der Waals surface area (Å²) in [4.78, 5) is 14.9. The van der Waals surface area contributed by atoms with Crippen molar-refractivity contribution in [2.24, 2.45) is 0 Å². The molecule has 19 heavy (non-hydrogen) atoms. The van der Waals surface area contributed by atoms with E-state index in [1.165, 1.54) is 12.1 Å². The zero-order chi connectivity index (χ0) is 14.0. The summed E-state index contributed by atoms with van der Waals surface area (Å²) in [6.07, 6.45) is 1.76. The maximum Gasteiger partial charge on any atom is 0.256 e. The van der Waals surface area contributed by atoms with Gasteiger partial charge in [0.05, 0.1) is 5.56 Å². The van der Waals surface area contributed by atoms with Gasteiger partial charge in [-0.05, 0) is 34.7 Å². The van der Waals surface area contributed by atoms with E-state index >= 15 is 0 Å². The molecule has 0 aliphatic rings. The summed E-state index contributed by atoms with van der Waals surface area (Å²) in [7, 11) is 0. The van der Waals surface area contributed by atoms with Gasteiger partial charge in [-0.3, -0.25) is 4.79 Å². The molecule has 2 aromatic rings. The number of hydrogen-bond acceptors (Lipinski definition) is 1. The predicted molar refractivity (Wildman–Crippen MR) is 79.2 cm³/mol. The molecule has 0 radical (unpaired) electrons. The van der Waals surface area contributed by atoms with Crippen LogP contribution in [-0.2, 0) is 5.33 Å². The van der Waals surface area contributed by atoms with Crippen molar-refractivity contribution >= 4 is 15.9 Å². The predicted octanol–water partition coefficient (Wildman–Crippen LogP) is 4.20. The van der Waals surface area contributed by atoms with E-state index in [1.807, 2.05) is 0 Å². The standard InChI is InChI=1S/C15H15BrFNO/c1-9(2)13-8-18-15(19)14(12(13)7-16)10-3-5-11(17)6-4-10/h3-6,8-9H,7H2,1-2H3,(H,18,19). The smallest absolute Gasteiger partial charge is 0.256 e. The number of aromatic nitrogens is 1. The molecule has 0 saturated carbocycles. The van der Waals surface area contributed by atoms with Crippen molar-refractivity contribution in [3.63, 3.8) is 0 Å². The molecule has 1 N–H and O–H groups in total. The van der Waals surface area contributed by atoms with Crippen molar-refractivity contribution in [3.8, 4) is 11.1 Å². The molecule has 0 spiro atoms. The van der Waals surface area contributed by atoms with Gasteiger partial charge in [0.2, 0.25) is 0 Å². The van der Waals surface area contributed by atoms with Crippen LogP contribution in [0.2, 0.25) is 0 Å². The Labute approximate surface area is 119 Å². The first-order chi connectivity index (χ1) is 9.04. The molecular weight excluding hydrogens is 309 g/mol. The monoisotopic (exact) mass is 323 g/mol. The Morgan fingerprint density at radius 3 is 2.42 bits per heavy atom. The van der Waals surface area contributed by atoms with Gasteiger partial charge in [-0.15, -0.1) is 0 Å². The largest absolute Gasteiger partial charge is 0.328 e. The second kappa shape index (κ2) is 5.70. The summed E-state index contributed by atoms with van der Waals surface area (Å²) < 4.78 is 13.0. The number of pyridine rings is 1. The summed E-state index contributed by atoms with van der Waals surface area (Å²) >= 11 is 3.45. The lowest BCUT2D eigenvalue weighted by Gasteiger charge is -2.14. The van der Waals surface area contributed by atoms with E-state index in [2.05, 4.69) is 34.8 Å². The summed E-state index contributed by atoms with van der Waals surface area (Å²) in [5.41, 5.74) is 3.26. The maximum atomic E-state index is 13.0. The van der Waals surface area contributed by atoms with Gasteiger partial charge in [0.15, 0.2) is 0 Å². The molecule has 2 rings (SSSR count). The zero-order valence-corrected chi connectivity index (χ0v) is 12.4. The summed E-state index contributed by atoms with van der Waals surface area (Å²) in [5.74, 6) is 0.00387. The van der Waals surface area contributed by atoms with Crippen LogP contribution < -0.4 is 5.56 Å². The maximum absolute atomic E-state index is 13.0. The van der Waals surface area contributed by atoms with Crippen molar-refractivity contribution in [2.45, 2.75) is 25.1 Å². The first-order valence-electron chi connectivity index (χ1n) is 6.11. The lowest BCUT2D eigenvalue weighted by Crippen LogP contribution is -2.14. The highest BCUT2D eigenvalue weighted by Crippen LogP contribution is 2.28. The van der Waals surface area contributed by atoms with Crippen molar-refractivity contribution in [2.75, 3.05) is 0 Å². The summed E-state index contributed by atoms with van der Waals surface area (Å²) in [6, 6.07) is 6.01. The third-order valence-corrected chi connectivity index (χ3v) is 3.69. The molecule has 1 aromatic heterocycles. The normalized spacial score (nSPS) is 11.0. The molecule has 4 heteroatoms. The van der Waals surface area contributed by atoms with Crippen LogP contribution in [0.5, 0.6) is 0 Å². The molecular formula is C15H15BrFNO. The number of hydrogen-bond donors (Lipinski definition) is 1. The average Bonchev–Trinajstić information content (AvgIpc) is 2.39. The van der Waals surface area contributed by atoms with E-state index in [-0.39, 0.29) is 11.4 Å². The van der Waals surface area contributed by atoms with Crippen molar-refractivity contribution in [1.82, 2.24) is 4.98 Å². The van der Waals surface area contributed by atoms with Crippen LogP contribution in [-0.4, -0.2) is 4.98 Å². The highest BCUT2D eigenvalue weighted by molar-refractivity contribution is 9.08. The van der Waals surface area contributed by atoms with Gasteiger partial charge >= 0.3 is 0 Å². The quantitative estimate of drug-likeness (QED) is 0.844. The van der Waals surface area contributed by atoms with E-state index < -0.39 is 0 Å². The highest BCUT2D eigenvalue weighted by atomic mass is 79.9. The van der Waals surface area contributed by atoms with Crippen molar-refractivity contribution in [1.29, 1.82) is 0 Å². The first kappa shape index (κ1) is 14.0. The lowest BCUT2D eigenvalue weighted by atomic mass is 9.93. The fourth-order valence-corrected chi connectivity index (χ4v) is 2.77. The SMILES string of the molecule is CC(C)c1c[nH]c(=O)c(-c2ccc(F)cc2)c1CBr. The molecule has 0 amide bonds. The van der Waals surface area contributed by atoms with E-state index in [1.54, 1.807) is 18.3 Å². The third-order valence-electron chi connectivity index (χ3n) is 3.12. The number of H-pyrrole nitrogens is 1. The topological polar surface area (TPSA) is 32.9 Å². The Kier molecular flexibility index (Phi) is 4.20. The van der Waals surface area contributed by atoms with Crippen molar-refractivity contribution in [3.05, 3.63) is 57.8 Å². The Morgan fingerprint density at radius 1 is 1.26 bits per heavy atom. The number of halogens is 2. The van der Waals surface area contributed by atoms with Crippen LogP contribution in [0.25, 0.3) is 11.1 Å². The Bertz CT molecular complexity index is 632. The molecule has 2 nitrogen and oxygen atoms in total.